The highest BCUT2D eigenvalue weighted by Crippen LogP contribution is 2.40. The van der Waals surface area contributed by atoms with Crippen LogP contribution in [-0.2, 0) is 6.18 Å². The highest BCUT2D eigenvalue weighted by Gasteiger charge is 2.38. The Balaban J connectivity index is 1.63. The number of nitrogens with one attached hydrogen (secondary N) is 2. The Morgan fingerprint density at radius 3 is 2.77 bits per heavy atom. The topological polar surface area (TPSA) is 36.4 Å². The highest BCUT2D eigenvalue weighted by molar-refractivity contribution is 7.80. The molecule has 0 aliphatic heterocycles. The van der Waals surface area contributed by atoms with Crippen molar-refractivity contribution in [3.8, 4) is 0 Å². The quantitative estimate of drug-likeness (QED) is 0.491. The number of rotatable bonds is 2. The molecule has 3 rings (SSSR count). The average Bonchev–Trinajstić information content (AvgIpc) is 2.80. The van der Waals surface area contributed by atoms with E-state index in [1.54, 1.807) is 0 Å². The van der Waals surface area contributed by atoms with Crippen LogP contribution in [0.3, 0.4) is 0 Å². The number of hydrogen-bond acceptors (Lipinski definition) is 2. The van der Waals surface area contributed by atoms with E-state index in [1.165, 1.54) is 18.2 Å². The minimum atomic E-state index is -4.43. The van der Waals surface area contributed by atoms with Crippen LogP contribution in [0.5, 0.6) is 0 Å². The van der Waals surface area contributed by atoms with Gasteiger partial charge in [-0.15, -0.1) is 0 Å². The second kappa shape index (κ2) is 5.72. The van der Waals surface area contributed by atoms with Gasteiger partial charge in [0.2, 0.25) is 0 Å². The van der Waals surface area contributed by atoms with Gasteiger partial charge in [0.1, 0.15) is 0 Å². The molecule has 0 amide bonds. The lowest BCUT2D eigenvalue weighted by Crippen LogP contribution is -2.36. The second-order valence-electron chi connectivity index (χ2n) is 5.37. The summed E-state index contributed by atoms with van der Waals surface area (Å²) in [5.41, 5.74) is 2.79. The molecule has 7 heteroatoms. The fourth-order valence-electron chi connectivity index (χ4n) is 2.77. The molecular formula is C15H14F3N3S. The molecule has 1 aromatic carbocycles. The number of hydrazone groups is 1. The Morgan fingerprint density at radius 2 is 2.05 bits per heavy atom. The van der Waals surface area contributed by atoms with Gasteiger partial charge in [0.25, 0.3) is 0 Å². The third-order valence-electron chi connectivity index (χ3n) is 3.93. The fraction of sp³-hybridized carbons (Fsp3) is 0.333. The second-order valence-corrected chi connectivity index (χ2v) is 5.77. The summed E-state index contributed by atoms with van der Waals surface area (Å²) in [5, 5.41) is 6.80. The maximum absolute atomic E-state index is 12.9. The molecule has 3 nitrogen and oxygen atoms in total. The van der Waals surface area contributed by atoms with Gasteiger partial charge >= 0.3 is 6.18 Å². The first kappa shape index (κ1) is 15.0. The molecule has 2 aliphatic carbocycles. The van der Waals surface area contributed by atoms with Gasteiger partial charge in [-0.05, 0) is 43.1 Å². The van der Waals surface area contributed by atoms with Gasteiger partial charge in [0.05, 0.1) is 11.3 Å². The number of alkyl halides is 3. The summed E-state index contributed by atoms with van der Waals surface area (Å²) in [6.45, 7) is 0. The molecule has 116 valence electrons. The van der Waals surface area contributed by atoms with Crippen LogP contribution in [0.2, 0.25) is 0 Å². The van der Waals surface area contributed by atoms with Crippen LogP contribution >= 0.6 is 12.2 Å². The molecule has 2 atom stereocenters. The zero-order chi connectivity index (χ0) is 15.7. The molecule has 1 fully saturated rings. The molecular weight excluding hydrogens is 311 g/mol. The van der Waals surface area contributed by atoms with E-state index in [-0.39, 0.29) is 10.8 Å². The smallest absolute Gasteiger partial charge is 0.331 e. The number of para-hydroxylation sites is 1. The van der Waals surface area contributed by atoms with Crippen molar-refractivity contribution in [3.63, 3.8) is 0 Å². The SMILES string of the molecule is FC(F)(F)c1ccccc1NC(=S)N/N=C1/C[C@H]2CC=C[C@H]12. The average molecular weight is 325 g/mol. The minimum Gasteiger partial charge on any atom is -0.331 e. The lowest BCUT2D eigenvalue weighted by molar-refractivity contribution is -0.136. The van der Waals surface area contributed by atoms with Gasteiger partial charge in [-0.3, -0.25) is 5.43 Å². The maximum Gasteiger partial charge on any atom is 0.418 e. The molecule has 22 heavy (non-hydrogen) atoms. The summed E-state index contributed by atoms with van der Waals surface area (Å²) < 4.78 is 38.7. The molecule has 0 unspecified atom stereocenters. The van der Waals surface area contributed by atoms with Crippen LogP contribution in [0, 0.1) is 11.8 Å². The van der Waals surface area contributed by atoms with Crippen molar-refractivity contribution in [3.05, 3.63) is 42.0 Å². The van der Waals surface area contributed by atoms with Crippen molar-refractivity contribution in [1.29, 1.82) is 0 Å². The minimum absolute atomic E-state index is 0.0506. The van der Waals surface area contributed by atoms with E-state index in [2.05, 4.69) is 28.0 Å². The fourth-order valence-corrected chi connectivity index (χ4v) is 2.93. The van der Waals surface area contributed by atoms with Crippen LogP contribution in [0.4, 0.5) is 18.9 Å². The summed E-state index contributed by atoms with van der Waals surface area (Å²) in [6.07, 6.45) is 1.80. The number of anilines is 1. The van der Waals surface area contributed by atoms with Gasteiger partial charge in [-0.1, -0.05) is 24.3 Å². The number of nitrogens with zero attached hydrogens (tertiary/aromatic N) is 1. The van der Waals surface area contributed by atoms with Crippen LogP contribution < -0.4 is 10.7 Å². The normalized spacial score (nSPS) is 24.8. The zero-order valence-electron chi connectivity index (χ0n) is 11.5. The summed E-state index contributed by atoms with van der Waals surface area (Å²) >= 11 is 5.01. The molecule has 1 saturated carbocycles. The molecule has 0 heterocycles. The standard InChI is InChI=1S/C15H14F3N3S/c16-15(17,18)11-6-1-2-7-12(11)19-14(22)21-20-13-8-9-4-3-5-10(9)13/h1-3,5-7,9-10H,4,8H2,(H2,19,21,22)/b20-13-/t9-,10+/m1/s1. The third-order valence-corrected chi connectivity index (χ3v) is 4.12. The van der Waals surface area contributed by atoms with E-state index < -0.39 is 11.7 Å². The number of hydrogen-bond donors (Lipinski definition) is 2. The van der Waals surface area contributed by atoms with Crippen molar-refractivity contribution in [2.75, 3.05) is 5.32 Å². The number of fused-ring (bicyclic) bond motifs is 1. The van der Waals surface area contributed by atoms with E-state index in [4.69, 9.17) is 12.2 Å². The van der Waals surface area contributed by atoms with Gasteiger partial charge in [-0.2, -0.15) is 18.3 Å². The van der Waals surface area contributed by atoms with Crippen molar-refractivity contribution in [1.82, 2.24) is 5.43 Å². The predicted octanol–water partition coefficient (Wildman–Crippen LogP) is 3.94. The number of halogens is 3. The molecule has 2 aliphatic rings. The van der Waals surface area contributed by atoms with Gasteiger partial charge < -0.3 is 5.32 Å². The Morgan fingerprint density at radius 1 is 1.27 bits per heavy atom. The summed E-state index contributed by atoms with van der Waals surface area (Å²) in [4.78, 5) is 0. The predicted molar refractivity (Wildman–Crippen MR) is 83.6 cm³/mol. The lowest BCUT2D eigenvalue weighted by Gasteiger charge is -2.31. The maximum atomic E-state index is 12.9. The largest absolute Gasteiger partial charge is 0.418 e. The Kier molecular flexibility index (Phi) is 3.90. The highest BCUT2D eigenvalue weighted by atomic mass is 32.1. The number of allylic oxidation sites excluding steroid dienone is 2. The first-order valence-electron chi connectivity index (χ1n) is 6.91. The monoisotopic (exact) mass is 325 g/mol. The molecule has 0 saturated heterocycles. The molecule has 0 bridgehead atoms. The lowest BCUT2D eigenvalue weighted by atomic mass is 9.74. The van der Waals surface area contributed by atoms with Gasteiger partial charge in [0, 0.05) is 11.6 Å². The molecule has 0 spiro atoms. The summed E-state index contributed by atoms with van der Waals surface area (Å²) in [5.74, 6) is 0.991. The van der Waals surface area contributed by atoms with Crippen molar-refractivity contribution in [2.45, 2.75) is 19.0 Å². The molecule has 1 aromatic rings. The van der Waals surface area contributed by atoms with Crippen LogP contribution in [0.25, 0.3) is 0 Å². The third kappa shape index (κ3) is 2.99. The molecule has 0 aromatic heterocycles. The Hall–Kier alpha value is -1.89. The van der Waals surface area contributed by atoms with E-state index in [0.29, 0.717) is 11.8 Å². The summed E-state index contributed by atoms with van der Waals surface area (Å²) in [6, 6.07) is 5.21. The van der Waals surface area contributed by atoms with E-state index in [0.717, 1.165) is 24.6 Å². The van der Waals surface area contributed by atoms with Gasteiger partial charge in [0.15, 0.2) is 5.11 Å². The number of thiocarbonyl (C=S) groups is 1. The van der Waals surface area contributed by atoms with Crippen LogP contribution in [-0.4, -0.2) is 10.8 Å². The number of benzene rings is 1. The van der Waals surface area contributed by atoms with Gasteiger partial charge in [-0.25, -0.2) is 0 Å². The first-order valence-corrected chi connectivity index (χ1v) is 7.32. The van der Waals surface area contributed by atoms with Crippen molar-refractivity contribution < 1.29 is 13.2 Å². The van der Waals surface area contributed by atoms with E-state index in [9.17, 15) is 13.2 Å². The van der Waals surface area contributed by atoms with Crippen molar-refractivity contribution in [2.24, 2.45) is 16.9 Å². The zero-order valence-corrected chi connectivity index (χ0v) is 12.3. The van der Waals surface area contributed by atoms with Crippen LogP contribution in [0.15, 0.2) is 41.5 Å². The Labute approximate surface area is 131 Å². The Bertz CT molecular complexity index is 652. The first-order chi connectivity index (χ1) is 10.4. The van der Waals surface area contributed by atoms with Crippen molar-refractivity contribution >= 4 is 28.7 Å². The van der Waals surface area contributed by atoms with E-state index in [1.807, 2.05) is 0 Å². The van der Waals surface area contributed by atoms with E-state index >= 15 is 0 Å². The van der Waals surface area contributed by atoms with Crippen LogP contribution in [0.1, 0.15) is 18.4 Å². The molecule has 0 radical (unpaired) electrons. The molecule has 2 N–H and O–H groups in total. The summed E-state index contributed by atoms with van der Waals surface area (Å²) in [7, 11) is 0.